The molecule has 17 heavy (non-hydrogen) atoms. The van der Waals surface area contributed by atoms with E-state index in [2.05, 4.69) is 10.3 Å². The van der Waals surface area contributed by atoms with Gasteiger partial charge in [-0.2, -0.15) is 0 Å². The summed E-state index contributed by atoms with van der Waals surface area (Å²) in [6.07, 6.45) is 0.339. The molecule has 1 amide bonds. The van der Waals surface area contributed by atoms with E-state index in [0.29, 0.717) is 18.7 Å². The average molecular weight is 258 g/mol. The van der Waals surface area contributed by atoms with Crippen LogP contribution in [0.2, 0.25) is 0 Å². The fourth-order valence-corrected chi connectivity index (χ4v) is 1.69. The quantitative estimate of drug-likeness (QED) is 0.675. The molecule has 1 aliphatic rings. The van der Waals surface area contributed by atoms with Crippen molar-refractivity contribution in [1.82, 2.24) is 10.3 Å². The van der Waals surface area contributed by atoms with Gasteiger partial charge in [-0.1, -0.05) is 6.07 Å². The summed E-state index contributed by atoms with van der Waals surface area (Å²) in [4.78, 5) is 25.7. The van der Waals surface area contributed by atoms with Crippen molar-refractivity contribution in [2.24, 2.45) is 5.73 Å². The first-order valence-electron chi connectivity index (χ1n) is 4.82. The number of rotatable bonds is 2. The van der Waals surface area contributed by atoms with Crippen LogP contribution in [-0.2, 0) is 17.8 Å². The van der Waals surface area contributed by atoms with Crippen LogP contribution in [0.5, 0.6) is 0 Å². The molecular formula is C10H12ClN3O3. The summed E-state index contributed by atoms with van der Waals surface area (Å²) < 4.78 is 0. The third kappa shape index (κ3) is 2.72. The van der Waals surface area contributed by atoms with E-state index in [1.165, 1.54) is 6.07 Å². The number of nitrogens with one attached hydrogen (secondary N) is 1. The van der Waals surface area contributed by atoms with Gasteiger partial charge in [0.15, 0.2) is 0 Å². The van der Waals surface area contributed by atoms with Gasteiger partial charge in [-0.15, -0.1) is 12.4 Å². The number of hydrogen-bond donors (Lipinski definition) is 3. The Balaban J connectivity index is 0.00000144. The van der Waals surface area contributed by atoms with Crippen molar-refractivity contribution in [3.63, 3.8) is 0 Å². The number of carbonyl (C=O) groups excluding carboxylic acids is 1. The summed E-state index contributed by atoms with van der Waals surface area (Å²) in [7, 11) is 0. The van der Waals surface area contributed by atoms with Crippen molar-refractivity contribution >= 4 is 24.3 Å². The number of nitrogens with zero attached hydrogens (tertiary/aromatic N) is 1. The Morgan fingerprint density at radius 3 is 2.76 bits per heavy atom. The highest BCUT2D eigenvalue weighted by atomic mass is 35.5. The van der Waals surface area contributed by atoms with Gasteiger partial charge < -0.3 is 16.2 Å². The zero-order chi connectivity index (χ0) is 11.7. The van der Waals surface area contributed by atoms with E-state index >= 15 is 0 Å². The maximum Gasteiger partial charge on any atom is 0.354 e. The Labute approximate surface area is 104 Å². The summed E-state index contributed by atoms with van der Waals surface area (Å²) in [5, 5.41) is 11.8. The van der Waals surface area contributed by atoms with Gasteiger partial charge in [0, 0.05) is 18.7 Å². The van der Waals surface area contributed by atoms with Gasteiger partial charge in [-0.25, -0.2) is 9.78 Å². The minimum absolute atomic E-state index is 0. The SMILES string of the molecule is Cl.NC(=O)C1Cc2nc(C(=O)O)ccc2CN1. The molecule has 1 aromatic rings. The van der Waals surface area contributed by atoms with E-state index in [0.717, 1.165) is 5.56 Å². The Kier molecular flexibility index (Phi) is 4.03. The fraction of sp³-hybridized carbons (Fsp3) is 0.300. The molecule has 92 valence electrons. The molecule has 4 N–H and O–H groups in total. The van der Waals surface area contributed by atoms with Gasteiger partial charge >= 0.3 is 5.97 Å². The maximum atomic E-state index is 11.0. The standard InChI is InChI=1S/C10H11N3O3.ClH/c11-9(14)8-3-7-5(4-12-8)1-2-6(13-7)10(15)16;/h1-2,8,12H,3-4H2,(H2,11,14)(H,15,16);1H. The number of aromatic nitrogens is 1. The summed E-state index contributed by atoms with van der Waals surface area (Å²) >= 11 is 0. The molecule has 0 radical (unpaired) electrons. The van der Waals surface area contributed by atoms with E-state index < -0.39 is 17.9 Å². The Morgan fingerprint density at radius 2 is 2.18 bits per heavy atom. The topological polar surface area (TPSA) is 105 Å². The van der Waals surface area contributed by atoms with Crippen molar-refractivity contribution in [2.75, 3.05) is 0 Å². The molecule has 1 aliphatic heterocycles. The molecule has 1 atom stereocenters. The highest BCUT2D eigenvalue weighted by Gasteiger charge is 2.23. The van der Waals surface area contributed by atoms with Crippen LogP contribution in [0.3, 0.4) is 0 Å². The maximum absolute atomic E-state index is 11.0. The Bertz CT molecular complexity index is 464. The lowest BCUT2D eigenvalue weighted by atomic mass is 10.0. The number of halogens is 1. The largest absolute Gasteiger partial charge is 0.477 e. The zero-order valence-corrected chi connectivity index (χ0v) is 9.66. The summed E-state index contributed by atoms with van der Waals surface area (Å²) in [5.74, 6) is -1.52. The molecule has 1 unspecified atom stereocenters. The first-order valence-corrected chi connectivity index (χ1v) is 4.82. The molecule has 0 saturated carbocycles. The first-order chi connectivity index (χ1) is 7.58. The van der Waals surface area contributed by atoms with Gasteiger partial charge in [0.25, 0.3) is 0 Å². The predicted octanol–water partition coefficient (Wildman–Crippen LogP) is -0.299. The second kappa shape index (κ2) is 5.11. The number of fused-ring (bicyclic) bond motifs is 1. The number of pyridine rings is 1. The lowest BCUT2D eigenvalue weighted by Crippen LogP contribution is -2.45. The van der Waals surface area contributed by atoms with Crippen LogP contribution in [0.15, 0.2) is 12.1 Å². The molecular weight excluding hydrogens is 246 g/mol. The number of carbonyl (C=O) groups is 2. The lowest BCUT2D eigenvalue weighted by Gasteiger charge is -2.22. The number of carboxylic acids is 1. The van der Waals surface area contributed by atoms with Crippen LogP contribution >= 0.6 is 12.4 Å². The summed E-state index contributed by atoms with van der Waals surface area (Å²) in [6, 6.07) is 2.69. The van der Waals surface area contributed by atoms with Gasteiger partial charge in [-0.05, 0) is 11.6 Å². The van der Waals surface area contributed by atoms with Gasteiger partial charge in [-0.3, -0.25) is 4.79 Å². The second-order valence-corrected chi connectivity index (χ2v) is 3.65. The second-order valence-electron chi connectivity index (χ2n) is 3.65. The van der Waals surface area contributed by atoms with E-state index in [9.17, 15) is 9.59 Å². The number of carboxylic acid groups (broad SMARTS) is 1. The molecule has 0 bridgehead atoms. The Hall–Kier alpha value is -1.66. The predicted molar refractivity (Wildman–Crippen MR) is 62.0 cm³/mol. The van der Waals surface area contributed by atoms with Gasteiger partial charge in [0.2, 0.25) is 5.91 Å². The highest BCUT2D eigenvalue weighted by molar-refractivity contribution is 5.86. The molecule has 0 aliphatic carbocycles. The van der Waals surface area contributed by atoms with Crippen LogP contribution in [0.1, 0.15) is 21.7 Å². The van der Waals surface area contributed by atoms with E-state index in [1.807, 2.05) is 0 Å². The molecule has 0 spiro atoms. The zero-order valence-electron chi connectivity index (χ0n) is 8.84. The van der Waals surface area contributed by atoms with Crippen LogP contribution in [0, 0.1) is 0 Å². The number of amides is 1. The Morgan fingerprint density at radius 1 is 1.47 bits per heavy atom. The normalized spacial score (nSPS) is 17.8. The fourth-order valence-electron chi connectivity index (χ4n) is 1.69. The third-order valence-electron chi connectivity index (χ3n) is 2.57. The van der Waals surface area contributed by atoms with Crippen molar-refractivity contribution in [3.8, 4) is 0 Å². The van der Waals surface area contributed by atoms with Crippen LogP contribution in [0.25, 0.3) is 0 Å². The summed E-state index contributed by atoms with van der Waals surface area (Å²) in [6.45, 7) is 0.482. The molecule has 7 heteroatoms. The number of aromatic carboxylic acids is 1. The van der Waals surface area contributed by atoms with E-state index in [-0.39, 0.29) is 18.1 Å². The van der Waals surface area contributed by atoms with Crippen LogP contribution < -0.4 is 11.1 Å². The van der Waals surface area contributed by atoms with E-state index in [4.69, 9.17) is 10.8 Å². The molecule has 2 rings (SSSR count). The monoisotopic (exact) mass is 257 g/mol. The van der Waals surface area contributed by atoms with Gasteiger partial charge in [0.1, 0.15) is 5.69 Å². The third-order valence-corrected chi connectivity index (χ3v) is 2.57. The van der Waals surface area contributed by atoms with Crippen molar-refractivity contribution in [3.05, 3.63) is 29.1 Å². The average Bonchev–Trinajstić information content (AvgIpc) is 2.27. The number of hydrogen-bond acceptors (Lipinski definition) is 4. The highest BCUT2D eigenvalue weighted by Crippen LogP contribution is 2.15. The van der Waals surface area contributed by atoms with Crippen LogP contribution in [-0.4, -0.2) is 28.0 Å². The minimum atomic E-state index is -1.07. The van der Waals surface area contributed by atoms with Crippen molar-refractivity contribution in [1.29, 1.82) is 0 Å². The minimum Gasteiger partial charge on any atom is -0.477 e. The summed E-state index contributed by atoms with van der Waals surface area (Å²) in [5.41, 5.74) is 6.70. The molecule has 0 fully saturated rings. The van der Waals surface area contributed by atoms with Crippen LogP contribution in [0.4, 0.5) is 0 Å². The van der Waals surface area contributed by atoms with Crippen molar-refractivity contribution in [2.45, 2.75) is 19.0 Å². The number of primary amides is 1. The smallest absolute Gasteiger partial charge is 0.354 e. The van der Waals surface area contributed by atoms with Crippen molar-refractivity contribution < 1.29 is 14.7 Å². The lowest BCUT2D eigenvalue weighted by molar-refractivity contribution is -0.120. The number of nitrogens with two attached hydrogens (primary N) is 1. The molecule has 0 saturated heterocycles. The molecule has 6 nitrogen and oxygen atoms in total. The van der Waals surface area contributed by atoms with E-state index in [1.54, 1.807) is 6.07 Å². The molecule has 0 aromatic carbocycles. The first kappa shape index (κ1) is 13.4. The van der Waals surface area contributed by atoms with Gasteiger partial charge in [0.05, 0.1) is 6.04 Å². The molecule has 1 aromatic heterocycles. The molecule has 2 heterocycles.